The second kappa shape index (κ2) is 3.89. The molecule has 3 nitrogen and oxygen atoms in total. The van der Waals surface area contributed by atoms with E-state index in [1.54, 1.807) is 0 Å². The average Bonchev–Trinajstić information content (AvgIpc) is 3.27. The van der Waals surface area contributed by atoms with Gasteiger partial charge in [0, 0.05) is 0 Å². The van der Waals surface area contributed by atoms with Crippen LogP contribution in [-0.4, -0.2) is 11.8 Å². The number of hydrogen-bond acceptors (Lipinski definition) is 2. The van der Waals surface area contributed by atoms with Crippen molar-refractivity contribution in [2.24, 2.45) is 35.5 Å². The zero-order valence-corrected chi connectivity index (χ0v) is 12.8. The Kier molecular flexibility index (Phi) is 2.23. The molecule has 1 saturated heterocycles. The van der Waals surface area contributed by atoms with Crippen LogP contribution in [0.5, 0.6) is 0 Å². The Morgan fingerprint density at radius 3 is 1.91 bits per heavy atom. The molecule has 1 aromatic carbocycles. The van der Waals surface area contributed by atoms with E-state index >= 15 is 0 Å². The van der Waals surface area contributed by atoms with Gasteiger partial charge in [0.05, 0.1) is 17.5 Å². The van der Waals surface area contributed by atoms with E-state index in [0.717, 1.165) is 16.8 Å². The third kappa shape index (κ3) is 1.33. The Morgan fingerprint density at radius 2 is 1.41 bits per heavy atom. The molecule has 2 bridgehead atoms. The zero-order valence-electron chi connectivity index (χ0n) is 12.8. The van der Waals surface area contributed by atoms with Gasteiger partial charge in [0.1, 0.15) is 0 Å². The molecule has 0 unspecified atom stereocenters. The minimum Gasteiger partial charge on any atom is -0.274 e. The fourth-order valence-electron chi connectivity index (χ4n) is 5.34. The van der Waals surface area contributed by atoms with Gasteiger partial charge in [0.2, 0.25) is 11.8 Å². The summed E-state index contributed by atoms with van der Waals surface area (Å²) in [5, 5.41) is 0. The van der Waals surface area contributed by atoms with Gasteiger partial charge in [-0.1, -0.05) is 30.4 Å². The van der Waals surface area contributed by atoms with Crippen LogP contribution in [0.1, 0.15) is 17.5 Å². The lowest BCUT2D eigenvalue weighted by Crippen LogP contribution is -2.40. The molecule has 1 heterocycles. The number of para-hydroxylation sites is 1. The number of carbonyl (C=O) groups is 2. The summed E-state index contributed by atoms with van der Waals surface area (Å²) >= 11 is 0. The van der Waals surface area contributed by atoms with Gasteiger partial charge < -0.3 is 0 Å². The fourth-order valence-corrected chi connectivity index (χ4v) is 5.34. The van der Waals surface area contributed by atoms with Crippen LogP contribution in [-0.2, 0) is 9.59 Å². The van der Waals surface area contributed by atoms with E-state index in [4.69, 9.17) is 0 Å². The smallest absolute Gasteiger partial charge is 0.238 e. The van der Waals surface area contributed by atoms with Crippen LogP contribution < -0.4 is 4.90 Å². The van der Waals surface area contributed by atoms with E-state index in [-0.39, 0.29) is 23.7 Å². The highest BCUT2D eigenvalue weighted by Gasteiger charge is 2.67. The second-order valence-electron chi connectivity index (χ2n) is 7.41. The third-order valence-electron chi connectivity index (χ3n) is 6.33. The molecule has 6 rings (SSSR count). The molecule has 112 valence electrons. The summed E-state index contributed by atoms with van der Waals surface area (Å²) < 4.78 is 0. The van der Waals surface area contributed by atoms with Gasteiger partial charge in [0.15, 0.2) is 0 Å². The molecule has 0 N–H and O–H groups in total. The Morgan fingerprint density at radius 1 is 0.909 bits per heavy atom. The van der Waals surface area contributed by atoms with Crippen LogP contribution in [0.25, 0.3) is 0 Å². The molecule has 4 aliphatic carbocycles. The summed E-state index contributed by atoms with van der Waals surface area (Å²) in [6.45, 7) is 3.96. The van der Waals surface area contributed by atoms with Gasteiger partial charge in [-0.2, -0.15) is 0 Å². The quantitative estimate of drug-likeness (QED) is 0.590. The first-order chi connectivity index (χ1) is 10.6. The van der Waals surface area contributed by atoms with E-state index in [1.165, 1.54) is 11.3 Å². The van der Waals surface area contributed by atoms with Crippen molar-refractivity contribution in [2.45, 2.75) is 20.3 Å². The van der Waals surface area contributed by atoms with Gasteiger partial charge in [0.25, 0.3) is 0 Å². The maximum atomic E-state index is 13.1. The molecule has 0 aromatic heterocycles. The SMILES string of the molecule is Cc1cccc(C)c1N1C(=O)[C@H]2[C@@H]3C=C[C@H]([C@H]4C[C@H]34)[C@@H]2C1=O. The molecule has 5 aliphatic rings. The highest BCUT2D eigenvalue weighted by atomic mass is 16.2. The Balaban J connectivity index is 1.64. The molecule has 3 fully saturated rings. The van der Waals surface area contributed by atoms with Gasteiger partial charge >= 0.3 is 0 Å². The number of hydrogen-bond donors (Lipinski definition) is 0. The highest BCUT2D eigenvalue weighted by Crippen LogP contribution is 2.65. The second-order valence-corrected chi connectivity index (χ2v) is 7.41. The predicted octanol–water partition coefficient (Wildman–Crippen LogP) is 2.86. The molecule has 0 spiro atoms. The van der Waals surface area contributed by atoms with Crippen LogP contribution in [0.15, 0.2) is 30.4 Å². The minimum absolute atomic E-state index is 0.0390. The van der Waals surface area contributed by atoms with E-state index in [1.807, 2.05) is 32.0 Å². The first-order valence-electron chi connectivity index (χ1n) is 8.22. The van der Waals surface area contributed by atoms with E-state index in [2.05, 4.69) is 12.2 Å². The molecule has 2 saturated carbocycles. The lowest BCUT2D eigenvalue weighted by Gasteiger charge is -2.37. The first-order valence-corrected chi connectivity index (χ1v) is 8.22. The number of aryl methyl sites for hydroxylation is 2. The Bertz CT molecular complexity index is 694. The number of carbonyl (C=O) groups excluding carboxylic acids is 2. The fraction of sp³-hybridized carbons (Fsp3) is 0.474. The maximum absolute atomic E-state index is 13.1. The van der Waals surface area contributed by atoms with Crippen molar-refractivity contribution in [2.75, 3.05) is 4.90 Å². The van der Waals surface area contributed by atoms with Crippen molar-refractivity contribution in [3.05, 3.63) is 41.5 Å². The number of imide groups is 1. The normalized spacial score (nSPS) is 40.9. The summed E-state index contributed by atoms with van der Waals surface area (Å²) in [6.07, 6.45) is 5.65. The van der Waals surface area contributed by atoms with Gasteiger partial charge in [-0.3, -0.25) is 9.59 Å². The van der Waals surface area contributed by atoms with Crippen LogP contribution >= 0.6 is 0 Å². The highest BCUT2D eigenvalue weighted by molar-refractivity contribution is 6.23. The number of benzene rings is 1. The average molecular weight is 293 g/mol. The van der Waals surface area contributed by atoms with Crippen molar-refractivity contribution in [3.63, 3.8) is 0 Å². The monoisotopic (exact) mass is 293 g/mol. The number of allylic oxidation sites excluding steroid dienone is 2. The minimum atomic E-state index is -0.106. The molecule has 2 amide bonds. The summed E-state index contributed by atoms with van der Waals surface area (Å²) in [5.74, 6) is 1.78. The standard InChI is InChI=1S/C19H19NO2/c1-9-4-3-5-10(2)17(9)20-18(21)15-11-6-7-12(14-8-13(11)14)16(15)19(20)22/h3-7,11-16H,8H2,1-2H3/t11-,12-,13-,14-,15+,16+/m1/s1. The van der Waals surface area contributed by atoms with Crippen LogP contribution in [0.2, 0.25) is 0 Å². The molecule has 0 radical (unpaired) electrons. The zero-order chi connectivity index (χ0) is 15.2. The molecule has 1 aromatic rings. The lowest BCUT2D eigenvalue weighted by molar-refractivity contribution is -0.124. The lowest BCUT2D eigenvalue weighted by atomic mass is 9.63. The Hall–Kier alpha value is -1.90. The molecular formula is C19H19NO2. The van der Waals surface area contributed by atoms with Gasteiger partial charge in [-0.05, 0) is 55.1 Å². The van der Waals surface area contributed by atoms with Crippen LogP contribution in [0, 0.1) is 49.4 Å². The van der Waals surface area contributed by atoms with Crippen LogP contribution in [0.3, 0.4) is 0 Å². The Labute approximate surface area is 130 Å². The molecule has 1 aliphatic heterocycles. The summed E-state index contributed by atoms with van der Waals surface area (Å²) in [4.78, 5) is 27.7. The molecule has 22 heavy (non-hydrogen) atoms. The van der Waals surface area contributed by atoms with Gasteiger partial charge in [-0.25, -0.2) is 4.90 Å². The summed E-state index contributed by atoms with van der Waals surface area (Å²) in [7, 11) is 0. The van der Waals surface area contributed by atoms with E-state index in [0.29, 0.717) is 23.7 Å². The number of rotatable bonds is 1. The van der Waals surface area contributed by atoms with Crippen LogP contribution in [0.4, 0.5) is 5.69 Å². The van der Waals surface area contributed by atoms with Crippen molar-refractivity contribution in [1.29, 1.82) is 0 Å². The maximum Gasteiger partial charge on any atom is 0.238 e. The van der Waals surface area contributed by atoms with E-state index in [9.17, 15) is 9.59 Å². The van der Waals surface area contributed by atoms with Crippen molar-refractivity contribution in [3.8, 4) is 0 Å². The number of nitrogens with zero attached hydrogens (tertiary/aromatic N) is 1. The van der Waals surface area contributed by atoms with Gasteiger partial charge in [-0.15, -0.1) is 0 Å². The van der Waals surface area contributed by atoms with Crippen molar-refractivity contribution in [1.82, 2.24) is 0 Å². The van der Waals surface area contributed by atoms with Crippen molar-refractivity contribution >= 4 is 17.5 Å². The summed E-state index contributed by atoms with van der Waals surface area (Å²) in [5.41, 5.74) is 2.83. The predicted molar refractivity (Wildman–Crippen MR) is 83.1 cm³/mol. The largest absolute Gasteiger partial charge is 0.274 e. The van der Waals surface area contributed by atoms with E-state index < -0.39 is 0 Å². The molecule has 3 heteroatoms. The summed E-state index contributed by atoms with van der Waals surface area (Å²) in [6, 6.07) is 5.94. The molecular weight excluding hydrogens is 274 g/mol. The topological polar surface area (TPSA) is 37.4 Å². The number of amides is 2. The number of anilines is 1. The first kappa shape index (κ1) is 12.6. The molecule has 6 atom stereocenters. The van der Waals surface area contributed by atoms with Crippen molar-refractivity contribution < 1.29 is 9.59 Å². The third-order valence-corrected chi connectivity index (χ3v) is 6.33.